The first-order chi connectivity index (χ1) is 11.3. The standard InChI is InChI=1S/C9H7.2C6H6O.Zr/c1-2-5-9-7-3-6-8(9)4-1;2*7-6-4-2-1-3-5-6;/h1-7H;2*1-5,7H;/q-1;;;+3/p-2. The second-order valence-corrected chi connectivity index (χ2v) is 4.78. The fraction of sp³-hybridized carbons (Fsp3) is 0. The van der Waals surface area contributed by atoms with E-state index in [4.69, 9.17) is 0 Å². The van der Waals surface area contributed by atoms with Gasteiger partial charge in [0.2, 0.25) is 0 Å². The van der Waals surface area contributed by atoms with Crippen LogP contribution in [0.5, 0.6) is 11.5 Å². The quantitative estimate of drug-likeness (QED) is 0.423. The van der Waals surface area contributed by atoms with Crippen LogP contribution in [0.2, 0.25) is 0 Å². The van der Waals surface area contributed by atoms with Crippen molar-refractivity contribution in [2.75, 3.05) is 0 Å². The van der Waals surface area contributed by atoms with E-state index in [-0.39, 0.29) is 37.7 Å². The summed E-state index contributed by atoms with van der Waals surface area (Å²) in [5.74, 6) is 0.144. The molecule has 0 aliphatic carbocycles. The van der Waals surface area contributed by atoms with Crippen LogP contribution >= 0.6 is 0 Å². The number of para-hydroxylation sites is 2. The number of hydrogen-bond donors (Lipinski definition) is 0. The average molecular weight is 393 g/mol. The molecule has 0 saturated heterocycles. The van der Waals surface area contributed by atoms with Crippen LogP contribution < -0.4 is 10.2 Å². The van der Waals surface area contributed by atoms with E-state index in [0.29, 0.717) is 0 Å². The van der Waals surface area contributed by atoms with Crippen LogP contribution in [0.25, 0.3) is 10.8 Å². The minimum atomic E-state index is 0. The first kappa shape index (κ1) is 19.8. The third-order valence-electron chi connectivity index (χ3n) is 3.03. The second-order valence-electron chi connectivity index (χ2n) is 4.78. The number of benzene rings is 3. The van der Waals surface area contributed by atoms with Gasteiger partial charge in [-0.25, -0.2) is 0 Å². The minimum Gasteiger partial charge on any atom is -0.872 e. The Morgan fingerprint density at radius 1 is 0.542 bits per heavy atom. The fourth-order valence-electron chi connectivity index (χ4n) is 1.91. The van der Waals surface area contributed by atoms with Crippen LogP contribution in [0, 0.1) is 0 Å². The SMILES string of the molecule is [O-]c1ccccc1.[O-]c1ccccc1.[Zr+3].c1ccc2[cH-]ccc2c1. The van der Waals surface area contributed by atoms with Crippen molar-refractivity contribution in [2.24, 2.45) is 0 Å². The maximum Gasteiger partial charge on any atom is 3.00 e. The molecule has 0 atom stereocenters. The smallest absolute Gasteiger partial charge is 0.872 e. The van der Waals surface area contributed by atoms with Gasteiger partial charge in [0.05, 0.1) is 0 Å². The summed E-state index contributed by atoms with van der Waals surface area (Å²) in [7, 11) is 0. The fourth-order valence-corrected chi connectivity index (χ4v) is 1.91. The molecule has 0 spiro atoms. The summed E-state index contributed by atoms with van der Waals surface area (Å²) in [6.45, 7) is 0. The van der Waals surface area contributed by atoms with Crippen molar-refractivity contribution in [3.05, 3.63) is 103 Å². The van der Waals surface area contributed by atoms with Crippen LogP contribution in [-0.2, 0) is 26.2 Å². The van der Waals surface area contributed by atoms with Gasteiger partial charge in [-0.2, -0.15) is 17.5 Å². The Kier molecular flexibility index (Phi) is 9.33. The number of hydrogen-bond acceptors (Lipinski definition) is 2. The van der Waals surface area contributed by atoms with Crippen molar-refractivity contribution in [3.8, 4) is 11.5 Å². The number of rotatable bonds is 0. The molecular weight excluding hydrogens is 375 g/mol. The Morgan fingerprint density at radius 2 is 1.00 bits per heavy atom. The van der Waals surface area contributed by atoms with E-state index in [1.54, 1.807) is 24.3 Å². The van der Waals surface area contributed by atoms with E-state index < -0.39 is 0 Å². The van der Waals surface area contributed by atoms with Gasteiger partial charge < -0.3 is 10.2 Å². The Balaban J connectivity index is 0.000000179. The zero-order chi connectivity index (χ0) is 16.3. The molecule has 2 nitrogen and oxygen atoms in total. The van der Waals surface area contributed by atoms with Gasteiger partial charge >= 0.3 is 26.2 Å². The predicted molar refractivity (Wildman–Crippen MR) is 91.3 cm³/mol. The topological polar surface area (TPSA) is 46.1 Å². The molecule has 0 heterocycles. The largest absolute Gasteiger partial charge is 3.00 e. The van der Waals surface area contributed by atoms with Gasteiger partial charge in [0.1, 0.15) is 0 Å². The van der Waals surface area contributed by atoms with Gasteiger partial charge in [-0.1, -0.05) is 66.7 Å². The zero-order valence-electron chi connectivity index (χ0n) is 13.1. The summed E-state index contributed by atoms with van der Waals surface area (Å²) in [4.78, 5) is 0. The van der Waals surface area contributed by atoms with Crippen molar-refractivity contribution < 1.29 is 36.4 Å². The van der Waals surface area contributed by atoms with Crippen LogP contribution in [-0.4, -0.2) is 0 Å². The van der Waals surface area contributed by atoms with Crippen LogP contribution in [0.3, 0.4) is 0 Å². The molecular formula is C21H17O2Zr. The molecule has 1 radical (unpaired) electrons. The molecule has 4 aromatic rings. The van der Waals surface area contributed by atoms with Crippen molar-refractivity contribution in [2.45, 2.75) is 0 Å². The molecule has 0 fully saturated rings. The second kappa shape index (κ2) is 11.3. The van der Waals surface area contributed by atoms with Crippen LogP contribution in [0.1, 0.15) is 0 Å². The normalized spacial score (nSPS) is 8.83. The van der Waals surface area contributed by atoms with Gasteiger partial charge in [-0.15, -0.1) is 41.2 Å². The maximum atomic E-state index is 10.3. The third-order valence-corrected chi connectivity index (χ3v) is 3.03. The Hall–Kier alpha value is -2.25. The summed E-state index contributed by atoms with van der Waals surface area (Å²) >= 11 is 0. The van der Waals surface area contributed by atoms with Gasteiger partial charge in [0.25, 0.3) is 0 Å². The molecule has 4 rings (SSSR count). The molecule has 0 aromatic heterocycles. The minimum absolute atomic E-state index is 0. The van der Waals surface area contributed by atoms with E-state index >= 15 is 0 Å². The first-order valence-corrected chi connectivity index (χ1v) is 7.30. The molecule has 0 unspecified atom stereocenters. The summed E-state index contributed by atoms with van der Waals surface area (Å²) in [6.07, 6.45) is 0. The summed E-state index contributed by atoms with van der Waals surface area (Å²) < 4.78 is 0. The third kappa shape index (κ3) is 7.35. The molecule has 24 heavy (non-hydrogen) atoms. The van der Waals surface area contributed by atoms with Crippen LogP contribution in [0.4, 0.5) is 0 Å². The molecule has 0 saturated carbocycles. The number of fused-ring (bicyclic) bond motifs is 1. The Bertz CT molecular complexity index is 728. The molecule has 0 aliphatic heterocycles. The summed E-state index contributed by atoms with van der Waals surface area (Å²) in [6, 6.07) is 31.3. The summed E-state index contributed by atoms with van der Waals surface area (Å²) in [5.41, 5.74) is 0. The average Bonchev–Trinajstić information content (AvgIpc) is 3.06. The molecule has 0 N–H and O–H groups in total. The van der Waals surface area contributed by atoms with E-state index in [1.807, 2.05) is 12.1 Å². The van der Waals surface area contributed by atoms with E-state index in [2.05, 4.69) is 42.5 Å². The molecule has 0 aliphatic rings. The first-order valence-electron chi connectivity index (χ1n) is 7.30. The van der Waals surface area contributed by atoms with Gasteiger partial charge in [0, 0.05) is 0 Å². The Labute approximate surface area is 161 Å². The van der Waals surface area contributed by atoms with Gasteiger partial charge in [-0.3, -0.25) is 0 Å². The maximum absolute atomic E-state index is 10.3. The predicted octanol–water partition coefficient (Wildman–Crippen LogP) is 4.08. The molecule has 117 valence electrons. The van der Waals surface area contributed by atoms with E-state index in [1.165, 1.54) is 35.0 Å². The van der Waals surface area contributed by atoms with Gasteiger partial charge in [-0.05, 0) is 0 Å². The van der Waals surface area contributed by atoms with Crippen molar-refractivity contribution in [1.29, 1.82) is 0 Å². The zero-order valence-corrected chi connectivity index (χ0v) is 15.6. The Morgan fingerprint density at radius 3 is 1.42 bits per heavy atom. The van der Waals surface area contributed by atoms with Gasteiger partial charge in [0.15, 0.2) is 0 Å². The van der Waals surface area contributed by atoms with Crippen LogP contribution in [0.15, 0.2) is 103 Å². The monoisotopic (exact) mass is 391 g/mol. The van der Waals surface area contributed by atoms with Crippen molar-refractivity contribution in [3.63, 3.8) is 0 Å². The molecule has 0 amide bonds. The van der Waals surface area contributed by atoms with Crippen molar-refractivity contribution in [1.82, 2.24) is 0 Å². The van der Waals surface area contributed by atoms with Crippen molar-refractivity contribution >= 4 is 10.8 Å². The molecule has 4 aromatic carbocycles. The van der Waals surface area contributed by atoms with E-state index in [0.717, 1.165) is 0 Å². The summed E-state index contributed by atoms with van der Waals surface area (Å²) in [5, 5.41) is 23.2. The molecule has 3 heteroatoms. The molecule has 0 bridgehead atoms. The van der Waals surface area contributed by atoms with E-state index in [9.17, 15) is 10.2 Å².